The molecule has 0 fully saturated rings. The Morgan fingerprint density at radius 3 is 2.82 bits per heavy atom. The maximum atomic E-state index is 15.0. The summed E-state index contributed by atoms with van der Waals surface area (Å²) >= 11 is 2.46. The summed E-state index contributed by atoms with van der Waals surface area (Å²) in [6.45, 7) is 1.87. The van der Waals surface area contributed by atoms with Gasteiger partial charge in [-0.2, -0.15) is 0 Å². The Morgan fingerprint density at radius 2 is 2.04 bits per heavy atom. The van der Waals surface area contributed by atoms with E-state index in [9.17, 15) is 9.18 Å². The van der Waals surface area contributed by atoms with Crippen molar-refractivity contribution in [2.75, 3.05) is 4.90 Å². The fourth-order valence-corrected chi connectivity index (χ4v) is 6.79. The Labute approximate surface area is 179 Å². The van der Waals surface area contributed by atoms with Crippen LogP contribution in [0.2, 0.25) is 0 Å². The van der Waals surface area contributed by atoms with Crippen LogP contribution in [-0.4, -0.2) is 41.1 Å². The topological polar surface area (TPSA) is 50.5 Å². The third-order valence-corrected chi connectivity index (χ3v) is 8.42. The van der Waals surface area contributed by atoms with Crippen molar-refractivity contribution in [2.24, 2.45) is 12.0 Å². The molecule has 0 spiro atoms. The van der Waals surface area contributed by atoms with Crippen molar-refractivity contribution in [3.8, 4) is 0 Å². The molecule has 0 bridgehead atoms. The van der Waals surface area contributed by atoms with Gasteiger partial charge in [0.2, 0.25) is 0 Å². The molecular weight excluding hydrogens is 530 g/mol. The molecule has 3 aromatic rings. The first-order chi connectivity index (χ1) is 13.5. The maximum absolute atomic E-state index is 15.0. The predicted octanol–water partition coefficient (Wildman–Crippen LogP) is 3.38. The van der Waals surface area contributed by atoms with Crippen molar-refractivity contribution in [1.29, 1.82) is 0 Å². The Hall–Kier alpha value is -2.00. The number of rotatable bonds is 2. The molecule has 0 saturated heterocycles. The number of aliphatic imine (C=N–C) groups is 1. The van der Waals surface area contributed by atoms with Gasteiger partial charge in [-0.05, 0) is 0 Å². The molecular formula is C20H14BrFN4OSn. The number of hydrogen-bond donors (Lipinski definition) is 0. The minimum atomic E-state index is -0.852. The van der Waals surface area contributed by atoms with E-state index in [0.29, 0.717) is 15.7 Å². The first-order valence-electron chi connectivity index (χ1n) is 8.71. The van der Waals surface area contributed by atoms with Crippen LogP contribution in [0.4, 0.5) is 15.8 Å². The zero-order valence-corrected chi connectivity index (χ0v) is 19.5. The van der Waals surface area contributed by atoms with Crippen LogP contribution in [0.1, 0.15) is 33.4 Å². The van der Waals surface area contributed by atoms with Crippen LogP contribution in [0.3, 0.4) is 0 Å². The van der Waals surface area contributed by atoms with Gasteiger partial charge >= 0.3 is 180 Å². The van der Waals surface area contributed by atoms with E-state index >= 15 is 0 Å². The molecule has 0 aliphatic carbocycles. The van der Waals surface area contributed by atoms with Crippen molar-refractivity contribution in [2.45, 2.75) is 13.0 Å². The minimum absolute atomic E-state index is 0.158. The van der Waals surface area contributed by atoms with Gasteiger partial charge < -0.3 is 0 Å². The summed E-state index contributed by atoms with van der Waals surface area (Å²) < 4.78 is 20.5. The first kappa shape index (κ1) is 18.1. The van der Waals surface area contributed by atoms with E-state index in [1.54, 1.807) is 28.8 Å². The summed E-state index contributed by atoms with van der Waals surface area (Å²) in [5, 5.41) is 4.42. The number of carbonyl (C=O) groups excluding carboxylic acids is 1. The van der Waals surface area contributed by atoms with Gasteiger partial charge in [0.25, 0.3) is 0 Å². The third kappa shape index (κ3) is 2.59. The van der Waals surface area contributed by atoms with Crippen LogP contribution < -0.4 is 8.48 Å². The molecule has 1 amide bonds. The molecule has 3 heterocycles. The van der Waals surface area contributed by atoms with Gasteiger partial charge in [0, 0.05) is 0 Å². The first-order valence-corrected chi connectivity index (χ1v) is 12.6. The van der Waals surface area contributed by atoms with Crippen LogP contribution in [0.5, 0.6) is 0 Å². The summed E-state index contributed by atoms with van der Waals surface area (Å²) in [6.07, 6.45) is 0. The summed E-state index contributed by atoms with van der Waals surface area (Å²) in [5.74, 6) is -0.510. The summed E-state index contributed by atoms with van der Waals surface area (Å²) in [5.41, 5.74) is 4.25. The van der Waals surface area contributed by atoms with Crippen LogP contribution in [0.15, 0.2) is 45.9 Å². The number of halogens is 2. The van der Waals surface area contributed by atoms with Crippen molar-refractivity contribution >= 4 is 62.2 Å². The Kier molecular flexibility index (Phi) is 4.20. The zero-order chi connectivity index (χ0) is 19.6. The van der Waals surface area contributed by atoms with Crippen LogP contribution >= 0.6 is 15.9 Å². The number of nitrogens with zero attached hydrogens (tertiary/aromatic N) is 4. The molecule has 2 aliphatic rings. The number of hydrogen-bond acceptors (Lipinski definition) is 3. The van der Waals surface area contributed by atoms with E-state index in [0.717, 1.165) is 22.6 Å². The molecule has 1 aromatic heterocycles. The van der Waals surface area contributed by atoms with E-state index < -0.39 is 27.2 Å². The van der Waals surface area contributed by atoms with Crippen LogP contribution in [0.25, 0.3) is 0 Å². The fourth-order valence-electron chi connectivity index (χ4n) is 3.97. The molecule has 1 unspecified atom stereocenters. The van der Waals surface area contributed by atoms with Crippen LogP contribution in [0, 0.1) is 12.7 Å². The second-order valence-corrected chi connectivity index (χ2v) is 10.8. The van der Waals surface area contributed by atoms with Crippen molar-refractivity contribution in [1.82, 2.24) is 9.78 Å². The van der Waals surface area contributed by atoms with Gasteiger partial charge in [0.1, 0.15) is 0 Å². The Morgan fingerprint density at radius 1 is 1.21 bits per heavy atom. The van der Waals surface area contributed by atoms with E-state index in [1.807, 2.05) is 29.4 Å². The number of aryl methyl sites for hydroxylation is 2. The number of benzene rings is 2. The number of amides is 1. The Bertz CT molecular complexity index is 1190. The fraction of sp³-hybridized carbons (Fsp3) is 0.150. The molecule has 138 valence electrons. The van der Waals surface area contributed by atoms with Gasteiger partial charge in [0.15, 0.2) is 0 Å². The summed E-state index contributed by atoms with van der Waals surface area (Å²) in [4.78, 5) is 19.5. The number of aromatic nitrogens is 2. The number of carbonyl (C=O) groups is 1. The summed E-state index contributed by atoms with van der Waals surface area (Å²) in [7, 11) is 1.76. The predicted molar refractivity (Wildman–Crippen MR) is 111 cm³/mol. The average Bonchev–Trinajstić information content (AvgIpc) is 3.30. The molecule has 2 aliphatic heterocycles. The van der Waals surface area contributed by atoms with E-state index in [1.165, 1.54) is 9.65 Å². The van der Waals surface area contributed by atoms with Crippen molar-refractivity contribution in [3.63, 3.8) is 0 Å². The number of fused-ring (bicyclic) bond motifs is 2. The van der Waals surface area contributed by atoms with Gasteiger partial charge in [0.05, 0.1) is 0 Å². The average molecular weight is 544 g/mol. The van der Waals surface area contributed by atoms with E-state index in [4.69, 9.17) is 0 Å². The molecule has 5 nitrogen and oxygen atoms in total. The monoisotopic (exact) mass is 544 g/mol. The second kappa shape index (κ2) is 6.52. The zero-order valence-electron chi connectivity index (χ0n) is 15.1. The van der Waals surface area contributed by atoms with E-state index in [2.05, 4.69) is 26.0 Å². The van der Waals surface area contributed by atoms with Gasteiger partial charge in [-0.25, -0.2) is 0 Å². The van der Waals surface area contributed by atoms with Crippen molar-refractivity contribution < 1.29 is 9.18 Å². The molecule has 1 atom stereocenters. The number of anilines is 1. The summed E-state index contributed by atoms with van der Waals surface area (Å²) in [6, 6.07) is 10.3. The third-order valence-electron chi connectivity index (χ3n) is 5.16. The standard InChI is InChI=1S/C20H14BrFN4O.Sn/c1-11-17-18(15-9-4-12(21)10-16(15)22)26(20(27)19(17)25(3)24-11)14-7-5-13(23-2)6-8-14;/h2,4-5,7-10,18H,1,3H3;. The van der Waals surface area contributed by atoms with Crippen LogP contribution in [-0.2, 0) is 7.05 Å². The normalized spacial score (nSPS) is 17.4. The molecule has 8 heteroatoms. The molecule has 28 heavy (non-hydrogen) atoms. The molecule has 0 N–H and O–H groups in total. The molecule has 0 saturated carbocycles. The molecule has 2 radical (unpaired) electrons. The molecule has 2 aromatic carbocycles. The SMILES string of the molecule is Cc1nn(C)c2c1C(c1ccc(Br)cc1F)N(c1ccc3[c](c1)[Sn][CH]=N3)C2=O. The van der Waals surface area contributed by atoms with E-state index in [-0.39, 0.29) is 11.7 Å². The van der Waals surface area contributed by atoms with Gasteiger partial charge in [-0.15, -0.1) is 0 Å². The second-order valence-electron chi connectivity index (χ2n) is 6.82. The van der Waals surface area contributed by atoms with Gasteiger partial charge in [-0.1, -0.05) is 0 Å². The quantitative estimate of drug-likeness (QED) is 0.465. The van der Waals surface area contributed by atoms with Crippen molar-refractivity contribution in [3.05, 3.63) is 69.2 Å². The molecule has 5 rings (SSSR count). The van der Waals surface area contributed by atoms with Gasteiger partial charge in [-0.3, -0.25) is 0 Å². The Balaban J connectivity index is 1.73.